The van der Waals surface area contributed by atoms with E-state index in [-0.39, 0.29) is 5.04 Å². The fraction of sp³-hybridized carbons (Fsp3) is 0.516. The molecule has 0 aliphatic heterocycles. The SMILES string of the molecule is CCCc1ccc(N(CCCCO[Si](C)(C)C(C)(C)C)c2cc(-c3c(C)noc3C)ccc2C)cc1. The van der Waals surface area contributed by atoms with Gasteiger partial charge in [-0.1, -0.05) is 63.5 Å². The summed E-state index contributed by atoms with van der Waals surface area (Å²) < 4.78 is 11.9. The van der Waals surface area contributed by atoms with Gasteiger partial charge in [-0.05, 0) is 93.1 Å². The van der Waals surface area contributed by atoms with Gasteiger partial charge in [-0.2, -0.15) is 0 Å². The van der Waals surface area contributed by atoms with Gasteiger partial charge in [-0.25, -0.2) is 0 Å². The zero-order valence-electron chi connectivity index (χ0n) is 24.0. The standard InChI is InChI=1S/C31H46N2O2Si/c1-10-13-26-15-18-28(19-16-26)33(20-11-12-21-34-36(8,9)31(5,6)7)29-22-27(17-14-23(29)2)30-24(3)32-35-25(30)4/h14-19,22H,10-13,20-21H2,1-9H3. The second-order valence-electron chi connectivity index (χ2n) is 11.6. The van der Waals surface area contributed by atoms with Crippen LogP contribution < -0.4 is 4.90 Å². The molecule has 0 saturated heterocycles. The first-order valence-corrected chi connectivity index (χ1v) is 16.4. The Morgan fingerprint density at radius 3 is 2.25 bits per heavy atom. The first kappa shape index (κ1) is 28.2. The van der Waals surface area contributed by atoms with Crippen LogP contribution in [0.25, 0.3) is 11.1 Å². The monoisotopic (exact) mass is 506 g/mol. The first-order chi connectivity index (χ1) is 16.9. The largest absolute Gasteiger partial charge is 0.417 e. The Morgan fingerprint density at radius 2 is 1.67 bits per heavy atom. The minimum absolute atomic E-state index is 0.245. The van der Waals surface area contributed by atoms with E-state index in [1.807, 2.05) is 13.8 Å². The number of benzene rings is 2. The molecule has 3 rings (SSSR count). The molecule has 0 fully saturated rings. The van der Waals surface area contributed by atoms with Crippen molar-refractivity contribution in [3.63, 3.8) is 0 Å². The van der Waals surface area contributed by atoms with E-state index < -0.39 is 8.32 Å². The lowest BCUT2D eigenvalue weighted by Crippen LogP contribution is -2.41. The van der Waals surface area contributed by atoms with Gasteiger partial charge in [0.15, 0.2) is 8.32 Å². The van der Waals surface area contributed by atoms with Crippen molar-refractivity contribution in [2.45, 2.75) is 92.3 Å². The van der Waals surface area contributed by atoms with Gasteiger partial charge in [0.05, 0.1) is 5.69 Å². The van der Waals surface area contributed by atoms with Crippen LogP contribution in [0.5, 0.6) is 0 Å². The van der Waals surface area contributed by atoms with Gasteiger partial charge in [0.1, 0.15) is 5.76 Å². The molecule has 0 amide bonds. The lowest BCUT2D eigenvalue weighted by Gasteiger charge is -2.36. The Hall–Kier alpha value is -2.37. The van der Waals surface area contributed by atoms with Crippen LogP contribution in [0.2, 0.25) is 18.1 Å². The number of unbranched alkanes of at least 4 members (excludes halogenated alkanes) is 1. The van der Waals surface area contributed by atoms with E-state index in [1.165, 1.54) is 22.5 Å². The van der Waals surface area contributed by atoms with Gasteiger partial charge < -0.3 is 13.8 Å². The highest BCUT2D eigenvalue weighted by atomic mass is 28.4. The average molecular weight is 507 g/mol. The number of aromatic nitrogens is 1. The number of nitrogens with zero attached hydrogens (tertiary/aromatic N) is 2. The van der Waals surface area contributed by atoms with Crippen LogP contribution in [0.3, 0.4) is 0 Å². The summed E-state index contributed by atoms with van der Waals surface area (Å²) in [5.74, 6) is 0.862. The highest BCUT2D eigenvalue weighted by molar-refractivity contribution is 6.74. The van der Waals surface area contributed by atoms with Crippen LogP contribution >= 0.6 is 0 Å². The minimum atomic E-state index is -1.71. The van der Waals surface area contributed by atoms with Crippen LogP contribution in [0.4, 0.5) is 11.4 Å². The van der Waals surface area contributed by atoms with E-state index in [0.717, 1.165) is 61.4 Å². The van der Waals surface area contributed by atoms with Gasteiger partial charge in [0, 0.05) is 30.1 Å². The second-order valence-corrected chi connectivity index (χ2v) is 16.4. The van der Waals surface area contributed by atoms with Crippen molar-refractivity contribution < 1.29 is 8.95 Å². The third-order valence-electron chi connectivity index (χ3n) is 7.65. The van der Waals surface area contributed by atoms with Gasteiger partial charge >= 0.3 is 0 Å². The number of hydrogen-bond acceptors (Lipinski definition) is 4. The van der Waals surface area contributed by atoms with Crippen molar-refractivity contribution in [2.75, 3.05) is 18.1 Å². The molecule has 5 heteroatoms. The van der Waals surface area contributed by atoms with Gasteiger partial charge in [-0.15, -0.1) is 0 Å². The molecule has 4 nitrogen and oxygen atoms in total. The highest BCUT2D eigenvalue weighted by Crippen LogP contribution is 2.37. The van der Waals surface area contributed by atoms with Crippen molar-refractivity contribution in [3.8, 4) is 11.1 Å². The zero-order valence-corrected chi connectivity index (χ0v) is 25.0. The predicted octanol–water partition coefficient (Wildman–Crippen LogP) is 9.16. The van der Waals surface area contributed by atoms with Crippen molar-refractivity contribution >= 4 is 19.7 Å². The summed E-state index contributed by atoms with van der Waals surface area (Å²) in [6.45, 7) is 21.8. The smallest absolute Gasteiger partial charge is 0.191 e. The average Bonchev–Trinajstić information content (AvgIpc) is 3.15. The Morgan fingerprint density at radius 1 is 0.972 bits per heavy atom. The van der Waals surface area contributed by atoms with Gasteiger partial charge in [0.25, 0.3) is 0 Å². The van der Waals surface area contributed by atoms with Crippen molar-refractivity contribution in [3.05, 3.63) is 65.0 Å². The van der Waals surface area contributed by atoms with E-state index >= 15 is 0 Å². The number of aryl methyl sites for hydroxylation is 4. The molecule has 0 radical (unpaired) electrons. The van der Waals surface area contributed by atoms with Crippen LogP contribution in [0, 0.1) is 20.8 Å². The van der Waals surface area contributed by atoms with Crippen LogP contribution in [-0.4, -0.2) is 26.6 Å². The number of hydrogen-bond donors (Lipinski definition) is 0. The maximum Gasteiger partial charge on any atom is 0.191 e. The number of anilines is 2. The molecule has 1 aromatic heterocycles. The molecule has 2 aromatic carbocycles. The summed E-state index contributed by atoms with van der Waals surface area (Å²) in [4.78, 5) is 2.47. The quantitative estimate of drug-likeness (QED) is 0.192. The van der Waals surface area contributed by atoms with Crippen molar-refractivity contribution in [1.82, 2.24) is 5.16 Å². The molecular weight excluding hydrogens is 460 g/mol. The predicted molar refractivity (Wildman–Crippen MR) is 156 cm³/mol. The fourth-order valence-electron chi connectivity index (χ4n) is 4.39. The topological polar surface area (TPSA) is 38.5 Å². The maximum absolute atomic E-state index is 6.45. The van der Waals surface area contributed by atoms with E-state index in [2.05, 4.69) is 100 Å². The highest BCUT2D eigenvalue weighted by Gasteiger charge is 2.36. The Labute approximate surface area is 220 Å². The molecule has 0 aliphatic carbocycles. The lowest BCUT2D eigenvalue weighted by molar-refractivity contribution is 0.280. The molecule has 0 bridgehead atoms. The molecule has 196 valence electrons. The van der Waals surface area contributed by atoms with E-state index in [0.29, 0.717) is 0 Å². The summed E-state index contributed by atoms with van der Waals surface area (Å²) in [5.41, 5.74) is 8.31. The van der Waals surface area contributed by atoms with Crippen LogP contribution in [0.15, 0.2) is 47.0 Å². The summed E-state index contributed by atoms with van der Waals surface area (Å²) >= 11 is 0. The lowest BCUT2D eigenvalue weighted by atomic mass is 10.00. The summed E-state index contributed by atoms with van der Waals surface area (Å²) in [6, 6.07) is 15.8. The Bertz CT molecular complexity index is 1110. The van der Waals surface area contributed by atoms with E-state index in [4.69, 9.17) is 8.95 Å². The van der Waals surface area contributed by atoms with Gasteiger partial charge in [-0.3, -0.25) is 0 Å². The molecule has 0 atom stereocenters. The van der Waals surface area contributed by atoms with Crippen molar-refractivity contribution in [1.29, 1.82) is 0 Å². The summed E-state index contributed by atoms with van der Waals surface area (Å²) in [5, 5.41) is 4.43. The van der Waals surface area contributed by atoms with Crippen LogP contribution in [0.1, 0.15) is 69.5 Å². The molecular formula is C31H46N2O2Si. The molecule has 0 N–H and O–H groups in total. The molecule has 0 unspecified atom stereocenters. The zero-order chi connectivity index (χ0) is 26.5. The second kappa shape index (κ2) is 11.8. The van der Waals surface area contributed by atoms with Gasteiger partial charge in [0.2, 0.25) is 0 Å². The Balaban J connectivity index is 1.85. The normalized spacial score (nSPS) is 12.2. The van der Waals surface area contributed by atoms with E-state index in [9.17, 15) is 0 Å². The maximum atomic E-state index is 6.45. The molecule has 36 heavy (non-hydrogen) atoms. The molecule has 1 heterocycles. The molecule has 0 aliphatic rings. The van der Waals surface area contributed by atoms with Crippen LogP contribution in [-0.2, 0) is 10.8 Å². The van der Waals surface area contributed by atoms with E-state index in [1.54, 1.807) is 0 Å². The number of rotatable bonds is 11. The fourth-order valence-corrected chi connectivity index (χ4v) is 5.47. The first-order valence-electron chi connectivity index (χ1n) is 13.5. The molecule has 0 saturated carbocycles. The third-order valence-corrected chi connectivity index (χ3v) is 12.2. The van der Waals surface area contributed by atoms with Crippen molar-refractivity contribution in [2.24, 2.45) is 0 Å². The summed E-state index contributed by atoms with van der Waals surface area (Å²) in [7, 11) is -1.71. The molecule has 3 aromatic rings. The minimum Gasteiger partial charge on any atom is -0.417 e. The Kier molecular flexibility index (Phi) is 9.23. The third kappa shape index (κ3) is 6.68. The summed E-state index contributed by atoms with van der Waals surface area (Å²) in [6.07, 6.45) is 4.40. The molecule has 0 spiro atoms.